The minimum absolute atomic E-state index is 0.0452. The zero-order chi connectivity index (χ0) is 18.0. The van der Waals surface area contributed by atoms with Crippen LogP contribution in [0.2, 0.25) is 5.02 Å². The standard InChI is InChI=1S/C17H23ClN6O/c1-11(16-12(2)21-22-13(16)3)20-17(25)24-8-6-23(7-9-24)15-5-4-14(18)10-19-15/h4-5,10-11H,6-9H2,1-3H3,(H,20,25)(H,21,22)/t11-/m1/s1. The van der Waals surface area contributed by atoms with Gasteiger partial charge in [-0.05, 0) is 32.9 Å². The van der Waals surface area contributed by atoms with Crippen LogP contribution in [-0.4, -0.2) is 52.3 Å². The first-order chi connectivity index (χ1) is 12.0. The van der Waals surface area contributed by atoms with E-state index in [-0.39, 0.29) is 12.1 Å². The zero-order valence-electron chi connectivity index (χ0n) is 14.7. The fraction of sp³-hybridized carbons (Fsp3) is 0.471. The summed E-state index contributed by atoms with van der Waals surface area (Å²) in [6.45, 7) is 8.71. The number of amides is 2. The van der Waals surface area contributed by atoms with E-state index in [4.69, 9.17) is 11.6 Å². The molecule has 7 nitrogen and oxygen atoms in total. The van der Waals surface area contributed by atoms with E-state index in [0.717, 1.165) is 35.9 Å². The number of hydrogen-bond donors (Lipinski definition) is 2. The smallest absolute Gasteiger partial charge is 0.317 e. The molecule has 2 aromatic heterocycles. The van der Waals surface area contributed by atoms with Gasteiger partial charge in [-0.15, -0.1) is 0 Å². The van der Waals surface area contributed by atoms with Crippen molar-refractivity contribution in [3.8, 4) is 0 Å². The average molecular weight is 363 g/mol. The number of hydrogen-bond acceptors (Lipinski definition) is 4. The van der Waals surface area contributed by atoms with Gasteiger partial charge in [-0.1, -0.05) is 11.6 Å². The molecule has 3 heterocycles. The number of rotatable bonds is 3. The van der Waals surface area contributed by atoms with E-state index >= 15 is 0 Å². The Morgan fingerprint density at radius 2 is 2.00 bits per heavy atom. The molecule has 2 N–H and O–H groups in total. The van der Waals surface area contributed by atoms with Crippen LogP contribution < -0.4 is 10.2 Å². The predicted octanol–water partition coefficient (Wildman–Crippen LogP) is 2.67. The number of carbonyl (C=O) groups excluding carboxylic acids is 1. The van der Waals surface area contributed by atoms with Gasteiger partial charge < -0.3 is 15.1 Å². The highest BCUT2D eigenvalue weighted by molar-refractivity contribution is 6.30. The molecule has 0 aromatic carbocycles. The highest BCUT2D eigenvalue weighted by Gasteiger charge is 2.24. The molecule has 0 saturated carbocycles. The maximum Gasteiger partial charge on any atom is 0.317 e. The number of urea groups is 1. The van der Waals surface area contributed by atoms with Gasteiger partial charge in [0.2, 0.25) is 0 Å². The van der Waals surface area contributed by atoms with E-state index in [1.54, 1.807) is 6.20 Å². The first kappa shape index (κ1) is 17.5. The number of pyridine rings is 1. The van der Waals surface area contributed by atoms with Gasteiger partial charge in [-0.25, -0.2) is 9.78 Å². The van der Waals surface area contributed by atoms with Gasteiger partial charge in [0, 0.05) is 43.6 Å². The van der Waals surface area contributed by atoms with Crippen molar-refractivity contribution in [2.24, 2.45) is 0 Å². The average Bonchev–Trinajstić information content (AvgIpc) is 2.94. The maximum absolute atomic E-state index is 12.5. The van der Waals surface area contributed by atoms with Crippen LogP contribution in [0.3, 0.4) is 0 Å². The summed E-state index contributed by atoms with van der Waals surface area (Å²) in [6, 6.07) is 3.61. The van der Waals surface area contributed by atoms with Crippen LogP contribution in [0.4, 0.5) is 10.6 Å². The van der Waals surface area contributed by atoms with E-state index in [0.29, 0.717) is 18.1 Å². The summed E-state index contributed by atoms with van der Waals surface area (Å²) in [6.07, 6.45) is 1.65. The molecule has 2 aromatic rings. The normalized spacial score (nSPS) is 16.0. The topological polar surface area (TPSA) is 77.2 Å². The van der Waals surface area contributed by atoms with Crippen molar-refractivity contribution in [2.45, 2.75) is 26.8 Å². The van der Waals surface area contributed by atoms with Crippen molar-refractivity contribution in [2.75, 3.05) is 31.1 Å². The largest absolute Gasteiger partial charge is 0.353 e. The molecular formula is C17H23ClN6O. The molecule has 1 saturated heterocycles. The molecule has 1 aliphatic heterocycles. The van der Waals surface area contributed by atoms with Crippen molar-refractivity contribution in [3.63, 3.8) is 0 Å². The second-order valence-corrected chi connectivity index (χ2v) is 6.76. The summed E-state index contributed by atoms with van der Waals surface area (Å²) in [7, 11) is 0. The van der Waals surface area contributed by atoms with Gasteiger partial charge in [0.05, 0.1) is 16.8 Å². The highest BCUT2D eigenvalue weighted by atomic mass is 35.5. The van der Waals surface area contributed by atoms with Crippen LogP contribution in [0.15, 0.2) is 18.3 Å². The lowest BCUT2D eigenvalue weighted by Gasteiger charge is -2.36. The summed E-state index contributed by atoms with van der Waals surface area (Å²) in [5.74, 6) is 0.891. The molecule has 3 rings (SSSR count). The number of aromatic amines is 1. The molecule has 2 amide bonds. The van der Waals surface area contributed by atoms with Crippen LogP contribution in [0, 0.1) is 13.8 Å². The van der Waals surface area contributed by atoms with Crippen LogP contribution in [0.25, 0.3) is 0 Å². The molecule has 1 aliphatic rings. The first-order valence-electron chi connectivity index (χ1n) is 8.39. The predicted molar refractivity (Wildman–Crippen MR) is 98.0 cm³/mol. The van der Waals surface area contributed by atoms with Crippen molar-refractivity contribution in [1.29, 1.82) is 0 Å². The monoisotopic (exact) mass is 362 g/mol. The number of halogens is 1. The first-order valence-corrected chi connectivity index (χ1v) is 8.77. The third kappa shape index (κ3) is 3.87. The number of anilines is 1. The van der Waals surface area contributed by atoms with Crippen molar-refractivity contribution in [3.05, 3.63) is 40.3 Å². The Hall–Kier alpha value is -2.28. The Morgan fingerprint density at radius 1 is 1.28 bits per heavy atom. The van der Waals surface area contributed by atoms with Crippen LogP contribution in [-0.2, 0) is 0 Å². The quantitative estimate of drug-likeness (QED) is 0.880. The number of aryl methyl sites for hydroxylation is 2. The molecule has 134 valence electrons. The molecule has 25 heavy (non-hydrogen) atoms. The Morgan fingerprint density at radius 3 is 2.56 bits per heavy atom. The van der Waals surface area contributed by atoms with Gasteiger partial charge in [-0.2, -0.15) is 5.10 Å². The third-order valence-electron chi connectivity index (χ3n) is 4.56. The minimum atomic E-state index is -0.0813. The van der Waals surface area contributed by atoms with Gasteiger partial charge in [-0.3, -0.25) is 5.10 Å². The van der Waals surface area contributed by atoms with Crippen molar-refractivity contribution in [1.82, 2.24) is 25.4 Å². The summed E-state index contributed by atoms with van der Waals surface area (Å²) in [5.41, 5.74) is 2.96. The summed E-state index contributed by atoms with van der Waals surface area (Å²) in [5, 5.41) is 10.9. The molecular weight excluding hydrogens is 340 g/mol. The molecule has 8 heteroatoms. The van der Waals surface area contributed by atoms with E-state index < -0.39 is 0 Å². The molecule has 0 bridgehead atoms. The van der Waals surface area contributed by atoms with Gasteiger partial charge in [0.25, 0.3) is 0 Å². The van der Waals surface area contributed by atoms with Gasteiger partial charge >= 0.3 is 6.03 Å². The number of nitrogens with one attached hydrogen (secondary N) is 2. The number of aromatic nitrogens is 3. The third-order valence-corrected chi connectivity index (χ3v) is 4.78. The Balaban J connectivity index is 1.55. The molecule has 0 radical (unpaired) electrons. The molecule has 0 aliphatic carbocycles. The minimum Gasteiger partial charge on any atom is -0.353 e. The van der Waals surface area contributed by atoms with Crippen molar-refractivity contribution < 1.29 is 4.79 Å². The number of piperazine rings is 1. The molecule has 1 fully saturated rings. The SMILES string of the molecule is Cc1n[nH]c(C)c1[C@@H](C)NC(=O)N1CCN(c2ccc(Cl)cn2)CC1. The van der Waals surface area contributed by atoms with Crippen LogP contribution in [0.5, 0.6) is 0 Å². The molecule has 0 unspecified atom stereocenters. The van der Waals surface area contributed by atoms with Crippen LogP contribution in [0.1, 0.15) is 29.9 Å². The number of carbonyl (C=O) groups is 1. The van der Waals surface area contributed by atoms with Gasteiger partial charge in [0.15, 0.2) is 0 Å². The van der Waals surface area contributed by atoms with Crippen molar-refractivity contribution >= 4 is 23.4 Å². The van der Waals surface area contributed by atoms with E-state index in [9.17, 15) is 4.79 Å². The highest BCUT2D eigenvalue weighted by Crippen LogP contribution is 2.20. The second kappa shape index (κ2) is 7.31. The number of H-pyrrole nitrogens is 1. The van der Waals surface area contributed by atoms with E-state index in [1.807, 2.05) is 37.8 Å². The molecule has 1 atom stereocenters. The summed E-state index contributed by atoms with van der Waals surface area (Å²) >= 11 is 5.88. The summed E-state index contributed by atoms with van der Waals surface area (Å²) < 4.78 is 0. The van der Waals surface area contributed by atoms with Crippen LogP contribution >= 0.6 is 11.6 Å². The Kier molecular flexibility index (Phi) is 5.13. The Labute approximate surface area is 152 Å². The lowest BCUT2D eigenvalue weighted by molar-refractivity contribution is 0.191. The van der Waals surface area contributed by atoms with E-state index in [1.165, 1.54) is 0 Å². The molecule has 0 spiro atoms. The second-order valence-electron chi connectivity index (χ2n) is 6.33. The lowest BCUT2D eigenvalue weighted by atomic mass is 10.1. The number of nitrogens with zero attached hydrogens (tertiary/aromatic N) is 4. The van der Waals surface area contributed by atoms with E-state index in [2.05, 4.69) is 25.4 Å². The fourth-order valence-electron chi connectivity index (χ4n) is 3.24. The summed E-state index contributed by atoms with van der Waals surface area (Å²) in [4.78, 5) is 20.9. The Bertz CT molecular complexity index is 717. The van der Waals surface area contributed by atoms with Gasteiger partial charge in [0.1, 0.15) is 5.82 Å². The zero-order valence-corrected chi connectivity index (χ0v) is 15.5. The maximum atomic E-state index is 12.5. The fourth-order valence-corrected chi connectivity index (χ4v) is 3.35. The lowest BCUT2D eigenvalue weighted by Crippen LogP contribution is -2.52.